The van der Waals surface area contributed by atoms with Gasteiger partial charge in [0, 0.05) is 37.9 Å². The van der Waals surface area contributed by atoms with E-state index in [-0.39, 0.29) is 0 Å². The number of benzene rings is 1. The number of fused-ring (bicyclic) bond motifs is 1. The molecule has 3 aromatic rings. The minimum atomic E-state index is 0.300. The number of methoxy groups -OCH3 is 1. The zero-order chi connectivity index (χ0) is 25.8. The minimum Gasteiger partial charge on any atom is -0.496 e. The summed E-state index contributed by atoms with van der Waals surface area (Å²) in [6.07, 6.45) is 8.27. The van der Waals surface area contributed by atoms with Gasteiger partial charge in [0.15, 0.2) is 5.82 Å². The summed E-state index contributed by atoms with van der Waals surface area (Å²) in [4.78, 5) is 14.0. The number of aromatic nitrogens is 3. The van der Waals surface area contributed by atoms with E-state index in [1.54, 1.807) is 7.11 Å². The Labute approximate surface area is 221 Å². The molecule has 0 aliphatic carbocycles. The van der Waals surface area contributed by atoms with Gasteiger partial charge in [-0.15, -0.1) is 0 Å². The van der Waals surface area contributed by atoms with Crippen molar-refractivity contribution in [3.63, 3.8) is 0 Å². The Kier molecular flexibility index (Phi) is 8.15. The Balaban J connectivity index is 1.25. The molecule has 0 radical (unpaired) electrons. The molecule has 2 saturated heterocycles. The Bertz CT molecular complexity index is 1180. The van der Waals surface area contributed by atoms with E-state index in [4.69, 9.17) is 10.5 Å². The van der Waals surface area contributed by atoms with Gasteiger partial charge < -0.3 is 25.3 Å². The van der Waals surface area contributed by atoms with Crippen LogP contribution in [0.3, 0.4) is 0 Å². The van der Waals surface area contributed by atoms with E-state index >= 15 is 0 Å². The average Bonchev–Trinajstić information content (AvgIpc) is 3.27. The molecule has 0 saturated carbocycles. The lowest BCUT2D eigenvalue weighted by Crippen LogP contribution is -2.51. The molecule has 3 N–H and O–H groups in total. The largest absolute Gasteiger partial charge is 0.496 e. The zero-order valence-electron chi connectivity index (χ0n) is 22.7. The second-order valence-electron chi connectivity index (χ2n) is 11.0. The first kappa shape index (κ1) is 25.8. The van der Waals surface area contributed by atoms with Gasteiger partial charge in [-0.1, -0.05) is 31.9 Å². The first-order valence-corrected chi connectivity index (χ1v) is 14.0. The molecule has 200 valence electrons. The summed E-state index contributed by atoms with van der Waals surface area (Å²) in [5.41, 5.74) is 10.3. The molecule has 8 heteroatoms. The SMILES string of the molecule is CCCCCNc1nc(N)nc2ccn(Cc3ccc(CN4CC(C5CCN(C)CC5)C4)cc3OC)c12. The highest BCUT2D eigenvalue weighted by Gasteiger charge is 2.34. The number of nitrogens with one attached hydrogen (secondary N) is 1. The van der Waals surface area contributed by atoms with Gasteiger partial charge in [-0.25, -0.2) is 4.98 Å². The van der Waals surface area contributed by atoms with Gasteiger partial charge in [0.2, 0.25) is 5.95 Å². The quantitative estimate of drug-likeness (QED) is 0.373. The van der Waals surface area contributed by atoms with E-state index in [0.29, 0.717) is 12.5 Å². The lowest BCUT2D eigenvalue weighted by atomic mass is 9.79. The monoisotopic (exact) mass is 505 g/mol. The first-order chi connectivity index (χ1) is 18.0. The van der Waals surface area contributed by atoms with Crippen LogP contribution in [0, 0.1) is 11.8 Å². The fourth-order valence-electron chi connectivity index (χ4n) is 5.96. The minimum absolute atomic E-state index is 0.300. The van der Waals surface area contributed by atoms with Crippen molar-refractivity contribution in [1.29, 1.82) is 0 Å². The lowest BCUT2D eigenvalue weighted by molar-refractivity contribution is 0.0265. The van der Waals surface area contributed by atoms with Gasteiger partial charge in [0.05, 0.1) is 19.2 Å². The third-order valence-corrected chi connectivity index (χ3v) is 8.21. The third-order valence-electron chi connectivity index (χ3n) is 8.21. The van der Waals surface area contributed by atoms with E-state index in [0.717, 1.165) is 59.5 Å². The van der Waals surface area contributed by atoms with Crippen LogP contribution in [0.25, 0.3) is 11.0 Å². The number of hydrogen-bond donors (Lipinski definition) is 2. The number of nitrogens with two attached hydrogens (primary N) is 1. The molecular weight excluding hydrogens is 462 g/mol. The summed E-state index contributed by atoms with van der Waals surface area (Å²) in [7, 11) is 4.01. The van der Waals surface area contributed by atoms with Gasteiger partial charge in [-0.3, -0.25) is 4.90 Å². The van der Waals surface area contributed by atoms with Crippen LogP contribution in [0.15, 0.2) is 30.5 Å². The molecule has 4 heterocycles. The van der Waals surface area contributed by atoms with Crippen LogP contribution in [0.5, 0.6) is 5.75 Å². The Morgan fingerprint density at radius 3 is 2.62 bits per heavy atom. The standard InChI is InChI=1S/C29H43N7O/c1-4-5-6-12-31-28-27-25(32-29(30)33-28)11-15-36(27)20-23-8-7-21(16-26(23)37-3)17-35-18-24(19-35)22-9-13-34(2)14-10-22/h7-8,11,15-16,22,24H,4-6,9-10,12-14,17-20H2,1-3H3,(H3,30,31,32,33). The highest BCUT2D eigenvalue weighted by atomic mass is 16.5. The maximum Gasteiger partial charge on any atom is 0.222 e. The number of nitrogen functional groups attached to an aromatic ring is 1. The summed E-state index contributed by atoms with van der Waals surface area (Å²) < 4.78 is 8.03. The van der Waals surface area contributed by atoms with E-state index in [1.165, 1.54) is 57.4 Å². The number of ether oxygens (including phenoxy) is 1. The fraction of sp³-hybridized carbons (Fsp3) is 0.586. The van der Waals surface area contributed by atoms with Crippen LogP contribution in [-0.2, 0) is 13.1 Å². The second-order valence-corrected chi connectivity index (χ2v) is 11.0. The van der Waals surface area contributed by atoms with Crippen molar-refractivity contribution in [2.24, 2.45) is 11.8 Å². The zero-order valence-corrected chi connectivity index (χ0v) is 22.7. The summed E-state index contributed by atoms with van der Waals surface area (Å²) in [6, 6.07) is 8.68. The predicted molar refractivity (Wildman–Crippen MR) is 151 cm³/mol. The number of unbranched alkanes of at least 4 members (excludes halogenated alkanes) is 2. The van der Waals surface area contributed by atoms with E-state index in [1.807, 2.05) is 6.07 Å². The van der Waals surface area contributed by atoms with Gasteiger partial charge in [-0.2, -0.15) is 4.98 Å². The summed E-state index contributed by atoms with van der Waals surface area (Å²) in [5.74, 6) is 3.81. The van der Waals surface area contributed by atoms with Crippen LogP contribution in [0.2, 0.25) is 0 Å². The van der Waals surface area contributed by atoms with E-state index in [9.17, 15) is 0 Å². The lowest BCUT2D eigenvalue weighted by Gasteiger charge is -2.46. The number of hydrogen-bond acceptors (Lipinski definition) is 7. The van der Waals surface area contributed by atoms with Crippen molar-refractivity contribution >= 4 is 22.8 Å². The summed E-state index contributed by atoms with van der Waals surface area (Å²) in [6.45, 7) is 9.73. The van der Waals surface area contributed by atoms with Crippen molar-refractivity contribution in [3.8, 4) is 5.75 Å². The normalized spacial score (nSPS) is 17.8. The number of piperidine rings is 1. The molecule has 1 aromatic carbocycles. The first-order valence-electron chi connectivity index (χ1n) is 14.0. The molecule has 5 rings (SSSR count). The molecule has 2 aliphatic rings. The maximum atomic E-state index is 5.99. The van der Waals surface area contributed by atoms with Crippen LogP contribution in [0.1, 0.15) is 50.2 Å². The summed E-state index contributed by atoms with van der Waals surface area (Å²) >= 11 is 0. The smallest absolute Gasteiger partial charge is 0.222 e. The summed E-state index contributed by atoms with van der Waals surface area (Å²) in [5, 5.41) is 3.49. The molecule has 0 bridgehead atoms. The molecule has 0 unspecified atom stereocenters. The van der Waals surface area contributed by atoms with E-state index in [2.05, 4.69) is 68.0 Å². The molecule has 2 aliphatic heterocycles. The number of nitrogens with zero attached hydrogens (tertiary/aromatic N) is 5. The van der Waals surface area contributed by atoms with Crippen LogP contribution in [-0.4, -0.2) is 71.2 Å². The van der Waals surface area contributed by atoms with Crippen molar-refractivity contribution < 1.29 is 4.74 Å². The topological polar surface area (TPSA) is 84.5 Å². The fourth-order valence-corrected chi connectivity index (χ4v) is 5.96. The van der Waals surface area contributed by atoms with Gasteiger partial charge in [0.25, 0.3) is 0 Å². The molecule has 2 aromatic heterocycles. The molecule has 0 spiro atoms. The Hall–Kier alpha value is -2.84. The number of likely N-dealkylation sites (tertiary alicyclic amines) is 2. The van der Waals surface area contributed by atoms with Gasteiger partial charge in [-0.05, 0) is 68.9 Å². The average molecular weight is 506 g/mol. The molecule has 8 nitrogen and oxygen atoms in total. The second kappa shape index (κ2) is 11.7. The molecule has 2 fully saturated rings. The van der Waals surface area contributed by atoms with Crippen LogP contribution < -0.4 is 15.8 Å². The van der Waals surface area contributed by atoms with Crippen molar-refractivity contribution in [1.82, 2.24) is 24.3 Å². The highest BCUT2D eigenvalue weighted by Crippen LogP contribution is 2.33. The predicted octanol–water partition coefficient (Wildman–Crippen LogP) is 4.45. The van der Waals surface area contributed by atoms with Crippen LogP contribution >= 0.6 is 0 Å². The third kappa shape index (κ3) is 6.02. The number of anilines is 2. The maximum absolute atomic E-state index is 5.99. The molecule has 0 atom stereocenters. The Morgan fingerprint density at radius 1 is 1.05 bits per heavy atom. The van der Waals surface area contributed by atoms with Gasteiger partial charge in [0.1, 0.15) is 11.3 Å². The molecular formula is C29H43N7O. The van der Waals surface area contributed by atoms with Crippen molar-refractivity contribution in [3.05, 3.63) is 41.6 Å². The number of rotatable bonds is 11. The van der Waals surface area contributed by atoms with Crippen molar-refractivity contribution in [2.45, 2.75) is 52.1 Å². The Morgan fingerprint density at radius 2 is 1.86 bits per heavy atom. The van der Waals surface area contributed by atoms with Crippen LogP contribution in [0.4, 0.5) is 11.8 Å². The molecule has 0 amide bonds. The highest BCUT2D eigenvalue weighted by molar-refractivity contribution is 5.87. The van der Waals surface area contributed by atoms with Crippen molar-refractivity contribution in [2.75, 3.05) is 57.9 Å². The van der Waals surface area contributed by atoms with E-state index < -0.39 is 0 Å². The van der Waals surface area contributed by atoms with Gasteiger partial charge >= 0.3 is 0 Å². The molecule has 37 heavy (non-hydrogen) atoms.